The topological polar surface area (TPSA) is 18.5 Å². The zero-order valence-electron chi connectivity index (χ0n) is 6.54. The first-order chi connectivity index (χ1) is 4.79. The van der Waals surface area contributed by atoms with Gasteiger partial charge >= 0.3 is 0 Å². The van der Waals surface area contributed by atoms with E-state index < -0.39 is 0 Å². The Balaban J connectivity index is 2.09. The largest absolute Gasteiger partial charge is 0.375 e. The molecule has 0 radical (unpaired) electrons. The normalized spacial score (nSPS) is 53.4. The van der Waals surface area contributed by atoms with Crippen LogP contribution in [0, 0.1) is 11.8 Å². The maximum absolute atomic E-state index is 5.58. The molecular weight excluding hydrogens is 128 g/mol. The van der Waals surface area contributed by atoms with Crippen molar-refractivity contribution in [2.45, 2.75) is 26.1 Å². The third kappa shape index (κ3) is 0.789. The van der Waals surface area contributed by atoms with E-state index in [4.69, 9.17) is 9.47 Å². The first kappa shape index (κ1) is 6.62. The van der Waals surface area contributed by atoms with Crippen molar-refractivity contribution in [1.82, 2.24) is 0 Å². The monoisotopic (exact) mass is 142 g/mol. The molecule has 0 aliphatic carbocycles. The minimum atomic E-state index is 0.398. The second kappa shape index (κ2) is 2.21. The van der Waals surface area contributed by atoms with E-state index in [0.717, 1.165) is 13.2 Å². The fourth-order valence-corrected chi connectivity index (χ4v) is 1.88. The maximum Gasteiger partial charge on any atom is 0.0887 e. The summed E-state index contributed by atoms with van der Waals surface area (Å²) in [4.78, 5) is 0. The Hall–Kier alpha value is -0.0800. The molecule has 2 saturated heterocycles. The SMILES string of the molecule is C[C@H]1COC2C1OC[C@@H]2C. The van der Waals surface area contributed by atoms with Gasteiger partial charge in [-0.05, 0) is 0 Å². The van der Waals surface area contributed by atoms with Crippen molar-refractivity contribution in [1.29, 1.82) is 0 Å². The summed E-state index contributed by atoms with van der Waals surface area (Å²) in [5.74, 6) is 1.21. The molecule has 0 bridgehead atoms. The highest BCUT2D eigenvalue weighted by Crippen LogP contribution is 2.33. The van der Waals surface area contributed by atoms with Gasteiger partial charge in [-0.3, -0.25) is 0 Å². The van der Waals surface area contributed by atoms with Crippen molar-refractivity contribution in [3.63, 3.8) is 0 Å². The Bertz CT molecular complexity index is 119. The second-order valence-electron chi connectivity index (χ2n) is 3.55. The number of hydrogen-bond acceptors (Lipinski definition) is 2. The van der Waals surface area contributed by atoms with Gasteiger partial charge in [0.05, 0.1) is 25.4 Å². The van der Waals surface area contributed by atoms with E-state index in [1.807, 2.05) is 0 Å². The highest BCUT2D eigenvalue weighted by molar-refractivity contribution is 4.90. The summed E-state index contributed by atoms with van der Waals surface area (Å²) in [6.07, 6.45) is 0.796. The molecule has 0 aromatic rings. The van der Waals surface area contributed by atoms with Gasteiger partial charge in [0, 0.05) is 11.8 Å². The molecule has 2 aliphatic heterocycles. The molecule has 2 rings (SSSR count). The van der Waals surface area contributed by atoms with Crippen LogP contribution in [-0.2, 0) is 9.47 Å². The summed E-state index contributed by atoms with van der Waals surface area (Å²) in [6, 6.07) is 0. The lowest BCUT2D eigenvalue weighted by atomic mass is 9.99. The number of ether oxygens (including phenoxy) is 2. The standard InChI is InChI=1S/C8H14O2/c1-5-3-9-8-6(2)4-10-7(5)8/h5-8H,3-4H2,1-2H3/t5-,6-,7?,8?/m0/s1. The molecule has 10 heavy (non-hydrogen) atoms. The van der Waals surface area contributed by atoms with E-state index in [9.17, 15) is 0 Å². The average molecular weight is 142 g/mol. The predicted molar refractivity (Wildman–Crippen MR) is 37.8 cm³/mol. The van der Waals surface area contributed by atoms with Crippen molar-refractivity contribution in [3.8, 4) is 0 Å². The van der Waals surface area contributed by atoms with Gasteiger partial charge < -0.3 is 9.47 Å². The van der Waals surface area contributed by atoms with Crippen molar-refractivity contribution in [2.24, 2.45) is 11.8 Å². The molecule has 0 amide bonds. The van der Waals surface area contributed by atoms with Crippen LogP contribution in [0.1, 0.15) is 13.8 Å². The summed E-state index contributed by atoms with van der Waals surface area (Å²) in [5.41, 5.74) is 0. The van der Waals surface area contributed by atoms with Crippen LogP contribution in [-0.4, -0.2) is 25.4 Å². The van der Waals surface area contributed by atoms with E-state index in [1.165, 1.54) is 0 Å². The highest BCUT2D eigenvalue weighted by atomic mass is 16.6. The summed E-state index contributed by atoms with van der Waals surface area (Å²) >= 11 is 0. The summed E-state index contributed by atoms with van der Waals surface area (Å²) in [6.45, 7) is 6.17. The zero-order chi connectivity index (χ0) is 7.14. The van der Waals surface area contributed by atoms with Crippen molar-refractivity contribution in [2.75, 3.05) is 13.2 Å². The molecule has 2 heterocycles. The average Bonchev–Trinajstić information content (AvgIpc) is 2.41. The summed E-state index contributed by atoms with van der Waals surface area (Å²) < 4.78 is 11.2. The lowest BCUT2D eigenvalue weighted by molar-refractivity contribution is 0.0627. The van der Waals surface area contributed by atoms with Gasteiger partial charge in [0.1, 0.15) is 0 Å². The molecule has 4 atom stereocenters. The minimum absolute atomic E-state index is 0.398. The molecule has 0 saturated carbocycles. The molecule has 0 spiro atoms. The number of fused-ring (bicyclic) bond motifs is 1. The van der Waals surface area contributed by atoms with E-state index in [1.54, 1.807) is 0 Å². The maximum atomic E-state index is 5.58. The van der Waals surface area contributed by atoms with Gasteiger partial charge in [-0.25, -0.2) is 0 Å². The first-order valence-electron chi connectivity index (χ1n) is 4.02. The minimum Gasteiger partial charge on any atom is -0.375 e. The Labute approximate surface area is 61.5 Å². The molecule has 2 nitrogen and oxygen atoms in total. The molecular formula is C8H14O2. The lowest BCUT2D eigenvalue weighted by Crippen LogP contribution is -2.23. The van der Waals surface area contributed by atoms with Crippen molar-refractivity contribution < 1.29 is 9.47 Å². The van der Waals surface area contributed by atoms with E-state index in [-0.39, 0.29) is 0 Å². The van der Waals surface area contributed by atoms with Crippen LogP contribution in [0.15, 0.2) is 0 Å². The Morgan fingerprint density at radius 2 is 1.30 bits per heavy atom. The molecule has 2 fully saturated rings. The van der Waals surface area contributed by atoms with Gasteiger partial charge in [0.15, 0.2) is 0 Å². The molecule has 2 heteroatoms. The molecule has 58 valence electrons. The second-order valence-corrected chi connectivity index (χ2v) is 3.55. The predicted octanol–water partition coefficient (Wildman–Crippen LogP) is 1.06. The van der Waals surface area contributed by atoms with Crippen molar-refractivity contribution in [3.05, 3.63) is 0 Å². The summed E-state index contributed by atoms with van der Waals surface area (Å²) in [5, 5.41) is 0. The summed E-state index contributed by atoms with van der Waals surface area (Å²) in [7, 11) is 0. The van der Waals surface area contributed by atoms with E-state index >= 15 is 0 Å². The Kier molecular flexibility index (Phi) is 1.46. The highest BCUT2D eigenvalue weighted by Gasteiger charge is 2.43. The van der Waals surface area contributed by atoms with Crippen LogP contribution in [0.2, 0.25) is 0 Å². The van der Waals surface area contributed by atoms with Crippen LogP contribution in [0.5, 0.6) is 0 Å². The van der Waals surface area contributed by atoms with Crippen LogP contribution >= 0.6 is 0 Å². The fraction of sp³-hybridized carbons (Fsp3) is 1.00. The van der Waals surface area contributed by atoms with Gasteiger partial charge in [0.25, 0.3) is 0 Å². The quantitative estimate of drug-likeness (QED) is 0.503. The van der Waals surface area contributed by atoms with Crippen LogP contribution in [0.3, 0.4) is 0 Å². The van der Waals surface area contributed by atoms with Crippen molar-refractivity contribution >= 4 is 0 Å². The number of rotatable bonds is 0. The van der Waals surface area contributed by atoms with E-state index in [0.29, 0.717) is 24.0 Å². The molecule has 2 aliphatic rings. The third-order valence-corrected chi connectivity index (χ3v) is 2.55. The van der Waals surface area contributed by atoms with Gasteiger partial charge in [-0.15, -0.1) is 0 Å². The zero-order valence-corrected chi connectivity index (χ0v) is 6.54. The Morgan fingerprint density at radius 3 is 1.70 bits per heavy atom. The van der Waals surface area contributed by atoms with Gasteiger partial charge in [-0.1, -0.05) is 13.8 Å². The van der Waals surface area contributed by atoms with E-state index in [2.05, 4.69) is 13.8 Å². The molecule has 0 aromatic carbocycles. The number of hydrogen-bond donors (Lipinski definition) is 0. The molecule has 0 aromatic heterocycles. The van der Waals surface area contributed by atoms with Crippen LogP contribution in [0.25, 0.3) is 0 Å². The van der Waals surface area contributed by atoms with Crippen LogP contribution in [0.4, 0.5) is 0 Å². The van der Waals surface area contributed by atoms with Crippen LogP contribution < -0.4 is 0 Å². The lowest BCUT2D eigenvalue weighted by Gasteiger charge is -2.10. The smallest absolute Gasteiger partial charge is 0.0887 e. The molecule has 2 unspecified atom stereocenters. The first-order valence-corrected chi connectivity index (χ1v) is 4.02. The third-order valence-electron chi connectivity index (χ3n) is 2.55. The fourth-order valence-electron chi connectivity index (χ4n) is 1.88. The van der Waals surface area contributed by atoms with Gasteiger partial charge in [-0.2, -0.15) is 0 Å². The molecule has 0 N–H and O–H groups in total. The van der Waals surface area contributed by atoms with Gasteiger partial charge in [0.2, 0.25) is 0 Å². The Morgan fingerprint density at radius 1 is 0.900 bits per heavy atom.